The van der Waals surface area contributed by atoms with E-state index in [1.807, 2.05) is 38.1 Å². The van der Waals surface area contributed by atoms with Crippen molar-refractivity contribution in [2.24, 2.45) is 0 Å². The molecule has 4 nitrogen and oxygen atoms in total. The van der Waals surface area contributed by atoms with Gasteiger partial charge in [-0.1, -0.05) is 0 Å². The van der Waals surface area contributed by atoms with E-state index < -0.39 is 0 Å². The van der Waals surface area contributed by atoms with Crippen molar-refractivity contribution in [3.8, 4) is 17.0 Å². The van der Waals surface area contributed by atoms with E-state index in [1.54, 1.807) is 0 Å². The first kappa shape index (κ1) is 12.6. The predicted molar refractivity (Wildman–Crippen MR) is 70.7 cm³/mol. The third kappa shape index (κ3) is 2.71. The minimum atomic E-state index is 0.107. The van der Waals surface area contributed by atoms with Crippen LogP contribution in [0.1, 0.15) is 18.4 Å². The lowest BCUT2D eigenvalue weighted by Crippen LogP contribution is -1.92. The maximum atomic E-state index is 8.91. The van der Waals surface area contributed by atoms with Crippen molar-refractivity contribution in [2.45, 2.75) is 20.3 Å². The fourth-order valence-corrected chi connectivity index (χ4v) is 1.90. The molecule has 0 aliphatic heterocycles. The van der Waals surface area contributed by atoms with Crippen molar-refractivity contribution in [3.63, 3.8) is 0 Å². The van der Waals surface area contributed by atoms with E-state index in [9.17, 15) is 0 Å². The first-order valence-electron chi connectivity index (χ1n) is 6.14. The molecule has 0 amide bonds. The number of hydrogen-bond acceptors (Lipinski definition) is 3. The van der Waals surface area contributed by atoms with Crippen LogP contribution < -0.4 is 4.74 Å². The Morgan fingerprint density at radius 1 is 1.28 bits per heavy atom. The van der Waals surface area contributed by atoms with E-state index in [0.717, 1.165) is 28.5 Å². The molecular weight excluding hydrogens is 228 g/mol. The van der Waals surface area contributed by atoms with Gasteiger partial charge < -0.3 is 14.8 Å². The van der Waals surface area contributed by atoms with E-state index in [1.165, 1.54) is 0 Å². The fourth-order valence-electron chi connectivity index (χ4n) is 1.90. The second kappa shape index (κ2) is 5.69. The van der Waals surface area contributed by atoms with Crippen LogP contribution in [0.15, 0.2) is 24.3 Å². The Labute approximate surface area is 107 Å². The lowest BCUT2D eigenvalue weighted by Gasteiger charge is -2.03. The number of nitrogens with zero attached hydrogens (tertiary/aromatic N) is 1. The molecule has 1 aromatic carbocycles. The number of hydrogen-bond donors (Lipinski definition) is 2. The van der Waals surface area contributed by atoms with Crippen molar-refractivity contribution in [2.75, 3.05) is 13.2 Å². The summed E-state index contributed by atoms with van der Waals surface area (Å²) < 4.78 is 5.41. The van der Waals surface area contributed by atoms with Gasteiger partial charge >= 0.3 is 0 Å². The largest absolute Gasteiger partial charge is 0.494 e. The van der Waals surface area contributed by atoms with Crippen LogP contribution in [0.2, 0.25) is 0 Å². The molecule has 1 aromatic heterocycles. The van der Waals surface area contributed by atoms with E-state index in [0.29, 0.717) is 13.0 Å². The predicted octanol–water partition coefficient (Wildman–Crippen LogP) is 2.32. The molecule has 0 aliphatic rings. The van der Waals surface area contributed by atoms with E-state index >= 15 is 0 Å². The van der Waals surface area contributed by atoms with Crippen LogP contribution in [-0.2, 0) is 6.42 Å². The van der Waals surface area contributed by atoms with Gasteiger partial charge in [-0.05, 0) is 38.1 Å². The molecule has 0 spiro atoms. The average Bonchev–Trinajstić information content (AvgIpc) is 2.72. The number of ether oxygens (including phenoxy) is 1. The van der Waals surface area contributed by atoms with Crippen LogP contribution in [0.4, 0.5) is 0 Å². The average molecular weight is 246 g/mol. The van der Waals surface area contributed by atoms with Crippen LogP contribution >= 0.6 is 0 Å². The van der Waals surface area contributed by atoms with Gasteiger partial charge in [0, 0.05) is 17.7 Å². The Morgan fingerprint density at radius 3 is 2.61 bits per heavy atom. The minimum absolute atomic E-state index is 0.107. The molecule has 0 radical (unpaired) electrons. The summed E-state index contributed by atoms with van der Waals surface area (Å²) in [6.45, 7) is 4.73. The van der Waals surface area contributed by atoms with Gasteiger partial charge in [-0.2, -0.15) is 0 Å². The van der Waals surface area contributed by atoms with E-state index in [2.05, 4.69) is 9.97 Å². The highest BCUT2D eigenvalue weighted by Gasteiger charge is 2.08. The number of aryl methyl sites for hydroxylation is 1. The molecule has 2 N–H and O–H groups in total. The van der Waals surface area contributed by atoms with Crippen LogP contribution in [-0.4, -0.2) is 28.3 Å². The van der Waals surface area contributed by atoms with E-state index in [-0.39, 0.29) is 6.61 Å². The van der Waals surface area contributed by atoms with Crippen LogP contribution in [0, 0.1) is 6.92 Å². The van der Waals surface area contributed by atoms with Gasteiger partial charge in [-0.25, -0.2) is 4.98 Å². The van der Waals surface area contributed by atoms with Crippen molar-refractivity contribution in [1.82, 2.24) is 9.97 Å². The molecule has 4 heteroatoms. The second-order valence-corrected chi connectivity index (χ2v) is 4.09. The van der Waals surface area contributed by atoms with Gasteiger partial charge in [0.15, 0.2) is 0 Å². The molecule has 0 saturated carbocycles. The number of aliphatic hydroxyl groups excluding tert-OH is 1. The van der Waals surface area contributed by atoms with Gasteiger partial charge in [0.2, 0.25) is 0 Å². The number of aliphatic hydroxyl groups is 1. The van der Waals surface area contributed by atoms with Gasteiger partial charge in [-0.15, -0.1) is 0 Å². The molecule has 96 valence electrons. The molecule has 0 unspecified atom stereocenters. The van der Waals surface area contributed by atoms with Gasteiger partial charge in [0.05, 0.1) is 18.9 Å². The number of aromatic nitrogens is 2. The lowest BCUT2D eigenvalue weighted by molar-refractivity contribution is 0.297. The molecule has 1 heterocycles. The Kier molecular flexibility index (Phi) is 3.99. The summed E-state index contributed by atoms with van der Waals surface area (Å²) >= 11 is 0. The first-order chi connectivity index (χ1) is 8.74. The molecule has 2 rings (SSSR count). The fraction of sp³-hybridized carbons (Fsp3) is 0.357. The number of benzene rings is 1. The molecule has 18 heavy (non-hydrogen) atoms. The van der Waals surface area contributed by atoms with Crippen molar-refractivity contribution < 1.29 is 9.84 Å². The Bertz CT molecular complexity index is 503. The van der Waals surface area contributed by atoms with Crippen LogP contribution in [0.3, 0.4) is 0 Å². The molecule has 2 aromatic rings. The molecule has 0 fully saturated rings. The summed E-state index contributed by atoms with van der Waals surface area (Å²) in [5.74, 6) is 1.68. The third-order valence-electron chi connectivity index (χ3n) is 2.72. The molecule has 0 aliphatic carbocycles. The molecular formula is C14H18N2O2. The monoisotopic (exact) mass is 246 g/mol. The van der Waals surface area contributed by atoms with Gasteiger partial charge in [-0.3, -0.25) is 0 Å². The topological polar surface area (TPSA) is 58.1 Å². The highest BCUT2D eigenvalue weighted by molar-refractivity contribution is 5.62. The summed E-state index contributed by atoms with van der Waals surface area (Å²) in [6, 6.07) is 7.88. The normalized spacial score (nSPS) is 10.6. The number of H-pyrrole nitrogens is 1. The zero-order valence-electron chi connectivity index (χ0n) is 10.7. The second-order valence-electron chi connectivity index (χ2n) is 4.09. The smallest absolute Gasteiger partial charge is 0.119 e. The lowest BCUT2D eigenvalue weighted by atomic mass is 10.1. The molecule has 0 atom stereocenters. The zero-order valence-corrected chi connectivity index (χ0v) is 10.7. The number of imidazole rings is 1. The van der Waals surface area contributed by atoms with Crippen LogP contribution in [0.5, 0.6) is 5.75 Å². The number of rotatable bonds is 5. The first-order valence-corrected chi connectivity index (χ1v) is 6.14. The summed E-state index contributed by atoms with van der Waals surface area (Å²) in [6.07, 6.45) is 0.553. The zero-order chi connectivity index (χ0) is 13.0. The summed E-state index contributed by atoms with van der Waals surface area (Å²) in [7, 11) is 0. The molecule has 0 saturated heterocycles. The highest BCUT2D eigenvalue weighted by atomic mass is 16.5. The quantitative estimate of drug-likeness (QED) is 0.851. The maximum absolute atomic E-state index is 8.91. The minimum Gasteiger partial charge on any atom is -0.494 e. The highest BCUT2D eigenvalue weighted by Crippen LogP contribution is 2.23. The maximum Gasteiger partial charge on any atom is 0.119 e. The third-order valence-corrected chi connectivity index (χ3v) is 2.72. The molecule has 0 bridgehead atoms. The Morgan fingerprint density at radius 2 is 2.00 bits per heavy atom. The van der Waals surface area contributed by atoms with Gasteiger partial charge in [0.25, 0.3) is 0 Å². The SMILES string of the molecule is CCOc1ccc(-c2nc(CCO)[nH]c2C)cc1. The standard InChI is InChI=1S/C14H18N2O2/c1-3-18-12-6-4-11(5-7-12)14-10(2)15-13(16-14)8-9-17/h4-7,17H,3,8-9H2,1-2H3,(H,15,16). The van der Waals surface area contributed by atoms with Crippen molar-refractivity contribution >= 4 is 0 Å². The summed E-state index contributed by atoms with van der Waals surface area (Å²) in [5.41, 5.74) is 3.00. The summed E-state index contributed by atoms with van der Waals surface area (Å²) in [4.78, 5) is 7.67. The number of nitrogens with one attached hydrogen (secondary N) is 1. The van der Waals surface area contributed by atoms with Crippen LogP contribution in [0.25, 0.3) is 11.3 Å². The van der Waals surface area contributed by atoms with Crippen molar-refractivity contribution in [1.29, 1.82) is 0 Å². The Balaban J connectivity index is 2.24. The number of aromatic amines is 1. The van der Waals surface area contributed by atoms with Crippen molar-refractivity contribution in [3.05, 3.63) is 35.8 Å². The van der Waals surface area contributed by atoms with Gasteiger partial charge in [0.1, 0.15) is 11.6 Å². The Hall–Kier alpha value is -1.81. The van der Waals surface area contributed by atoms with E-state index in [4.69, 9.17) is 9.84 Å². The summed E-state index contributed by atoms with van der Waals surface area (Å²) in [5, 5.41) is 8.91.